The van der Waals surface area contributed by atoms with Crippen LogP contribution >= 0.6 is 0 Å². The van der Waals surface area contributed by atoms with Gasteiger partial charge in [0, 0.05) is 17.7 Å². The topological polar surface area (TPSA) is 75.6 Å². The number of hydrogen-bond donors (Lipinski definition) is 2. The number of aliphatic carboxylic acids is 1. The molecule has 21 heavy (non-hydrogen) atoms. The van der Waals surface area contributed by atoms with Gasteiger partial charge in [0.25, 0.3) is 0 Å². The van der Waals surface area contributed by atoms with Crippen molar-refractivity contribution in [2.75, 3.05) is 7.11 Å². The molecule has 2 atom stereocenters. The van der Waals surface area contributed by atoms with E-state index in [1.54, 1.807) is 25.3 Å². The first-order chi connectivity index (χ1) is 10.1. The van der Waals surface area contributed by atoms with E-state index in [4.69, 9.17) is 9.84 Å². The fourth-order valence-corrected chi connectivity index (χ4v) is 2.19. The molecular weight excluding hydrogens is 270 g/mol. The molecule has 0 fully saturated rings. The number of para-hydroxylation sites is 1. The Kier molecular flexibility index (Phi) is 4.77. The maximum atomic E-state index is 11.8. The van der Waals surface area contributed by atoms with Crippen molar-refractivity contribution < 1.29 is 19.4 Å². The Bertz CT molecular complexity index is 592. The number of rotatable bonds is 5. The fraction of sp³-hybridized carbons (Fsp3) is 0.250. The Morgan fingerprint density at radius 2 is 2.10 bits per heavy atom. The first kappa shape index (κ1) is 14.8. The lowest BCUT2D eigenvalue weighted by atomic mass is 10.1. The summed E-state index contributed by atoms with van der Waals surface area (Å²) in [6.45, 7) is 0. The van der Waals surface area contributed by atoms with Crippen LogP contribution in [0.25, 0.3) is 6.08 Å². The number of ether oxygens (including phenoxy) is 1. The van der Waals surface area contributed by atoms with E-state index in [2.05, 4.69) is 5.32 Å². The van der Waals surface area contributed by atoms with Crippen LogP contribution in [0.5, 0.6) is 5.75 Å². The predicted molar refractivity (Wildman–Crippen MR) is 78.8 cm³/mol. The van der Waals surface area contributed by atoms with E-state index >= 15 is 0 Å². The summed E-state index contributed by atoms with van der Waals surface area (Å²) in [7, 11) is 1.57. The number of amides is 1. The zero-order valence-corrected chi connectivity index (χ0v) is 11.7. The lowest BCUT2D eigenvalue weighted by Crippen LogP contribution is -2.31. The van der Waals surface area contributed by atoms with Crippen LogP contribution in [0.2, 0.25) is 0 Å². The number of carboxylic acids is 1. The maximum absolute atomic E-state index is 11.8. The molecule has 1 aromatic carbocycles. The molecule has 0 saturated heterocycles. The highest BCUT2D eigenvalue weighted by molar-refractivity contribution is 5.92. The summed E-state index contributed by atoms with van der Waals surface area (Å²) < 4.78 is 5.19. The van der Waals surface area contributed by atoms with Gasteiger partial charge in [0.05, 0.1) is 13.0 Å². The van der Waals surface area contributed by atoms with E-state index in [0.717, 1.165) is 5.56 Å². The summed E-state index contributed by atoms with van der Waals surface area (Å²) in [4.78, 5) is 22.7. The van der Waals surface area contributed by atoms with Crippen molar-refractivity contribution >= 4 is 18.0 Å². The van der Waals surface area contributed by atoms with Gasteiger partial charge in [-0.3, -0.25) is 9.59 Å². The van der Waals surface area contributed by atoms with E-state index in [0.29, 0.717) is 12.2 Å². The van der Waals surface area contributed by atoms with E-state index < -0.39 is 11.9 Å². The Labute approximate surface area is 122 Å². The zero-order chi connectivity index (χ0) is 15.2. The Balaban J connectivity index is 1.92. The monoisotopic (exact) mass is 287 g/mol. The highest BCUT2D eigenvalue weighted by Crippen LogP contribution is 2.19. The summed E-state index contributed by atoms with van der Waals surface area (Å²) in [5.74, 6) is -0.962. The second-order valence-electron chi connectivity index (χ2n) is 4.76. The second-order valence-corrected chi connectivity index (χ2v) is 4.76. The van der Waals surface area contributed by atoms with Crippen molar-refractivity contribution in [3.63, 3.8) is 0 Å². The molecule has 0 aliphatic heterocycles. The van der Waals surface area contributed by atoms with Gasteiger partial charge >= 0.3 is 5.97 Å². The molecule has 0 radical (unpaired) electrons. The van der Waals surface area contributed by atoms with E-state index in [9.17, 15) is 9.59 Å². The Hall–Kier alpha value is -2.56. The Morgan fingerprint density at radius 1 is 1.33 bits per heavy atom. The van der Waals surface area contributed by atoms with Crippen LogP contribution in [-0.4, -0.2) is 30.1 Å². The van der Waals surface area contributed by atoms with Crippen LogP contribution in [-0.2, 0) is 9.59 Å². The van der Waals surface area contributed by atoms with Crippen LogP contribution in [0.4, 0.5) is 0 Å². The minimum atomic E-state index is -0.868. The van der Waals surface area contributed by atoms with Crippen LogP contribution in [0, 0.1) is 5.92 Å². The third kappa shape index (κ3) is 3.95. The molecular formula is C16H17NO4. The third-order valence-corrected chi connectivity index (χ3v) is 3.28. The quantitative estimate of drug-likeness (QED) is 0.640. The first-order valence-electron chi connectivity index (χ1n) is 6.63. The average molecular weight is 287 g/mol. The number of carboxylic acid groups (broad SMARTS) is 1. The van der Waals surface area contributed by atoms with Crippen LogP contribution in [0.3, 0.4) is 0 Å². The number of benzene rings is 1. The molecule has 0 bridgehead atoms. The molecule has 1 amide bonds. The van der Waals surface area contributed by atoms with Crippen molar-refractivity contribution in [3.05, 3.63) is 48.1 Å². The molecule has 0 saturated carbocycles. The summed E-state index contributed by atoms with van der Waals surface area (Å²) in [5, 5.41) is 11.6. The maximum Gasteiger partial charge on any atom is 0.310 e. The lowest BCUT2D eigenvalue weighted by Gasteiger charge is -2.10. The van der Waals surface area contributed by atoms with Gasteiger partial charge < -0.3 is 15.2 Å². The summed E-state index contributed by atoms with van der Waals surface area (Å²) in [6, 6.07) is 7.14. The number of methoxy groups -OCH3 is 1. The highest BCUT2D eigenvalue weighted by Gasteiger charge is 2.24. The van der Waals surface area contributed by atoms with E-state index in [1.807, 2.05) is 24.3 Å². The van der Waals surface area contributed by atoms with Crippen molar-refractivity contribution in [1.29, 1.82) is 0 Å². The number of carbonyl (C=O) groups is 2. The molecule has 5 nitrogen and oxygen atoms in total. The van der Waals surface area contributed by atoms with Gasteiger partial charge in [0.1, 0.15) is 5.75 Å². The van der Waals surface area contributed by atoms with Crippen molar-refractivity contribution in [1.82, 2.24) is 5.32 Å². The second kappa shape index (κ2) is 6.74. The lowest BCUT2D eigenvalue weighted by molar-refractivity contribution is -0.140. The van der Waals surface area contributed by atoms with Crippen LogP contribution in [0.15, 0.2) is 42.5 Å². The molecule has 0 spiro atoms. The molecule has 2 rings (SSSR count). The summed E-state index contributed by atoms with van der Waals surface area (Å²) in [6.07, 6.45) is 6.80. The van der Waals surface area contributed by atoms with Crippen LogP contribution < -0.4 is 10.1 Å². The molecule has 1 aromatic rings. The van der Waals surface area contributed by atoms with Gasteiger partial charge in [-0.1, -0.05) is 30.4 Å². The molecule has 110 valence electrons. The van der Waals surface area contributed by atoms with Gasteiger partial charge in [0.15, 0.2) is 0 Å². The van der Waals surface area contributed by atoms with Gasteiger partial charge in [-0.05, 0) is 18.6 Å². The number of hydrogen-bond acceptors (Lipinski definition) is 3. The van der Waals surface area contributed by atoms with E-state index in [1.165, 1.54) is 6.08 Å². The van der Waals surface area contributed by atoms with Crippen LogP contribution in [0.1, 0.15) is 12.0 Å². The smallest absolute Gasteiger partial charge is 0.310 e. The number of carbonyl (C=O) groups excluding carboxylic acids is 1. The Morgan fingerprint density at radius 3 is 2.76 bits per heavy atom. The molecule has 5 heteroatoms. The van der Waals surface area contributed by atoms with E-state index in [-0.39, 0.29) is 11.9 Å². The fourth-order valence-electron chi connectivity index (χ4n) is 2.19. The SMILES string of the molecule is COc1ccccc1C=CC(=O)NC1C=CC(C(=O)O)C1. The average Bonchev–Trinajstić information content (AvgIpc) is 2.94. The third-order valence-electron chi connectivity index (χ3n) is 3.28. The minimum absolute atomic E-state index is 0.235. The predicted octanol–water partition coefficient (Wildman–Crippen LogP) is 1.85. The molecule has 2 N–H and O–H groups in total. The van der Waals surface area contributed by atoms with Gasteiger partial charge in [-0.15, -0.1) is 0 Å². The molecule has 0 heterocycles. The normalized spacial score (nSPS) is 20.6. The summed E-state index contributed by atoms with van der Waals surface area (Å²) >= 11 is 0. The highest BCUT2D eigenvalue weighted by atomic mass is 16.5. The zero-order valence-electron chi connectivity index (χ0n) is 11.7. The van der Waals surface area contributed by atoms with Gasteiger partial charge in [-0.2, -0.15) is 0 Å². The summed E-state index contributed by atoms with van der Waals surface area (Å²) in [5.41, 5.74) is 0.806. The minimum Gasteiger partial charge on any atom is -0.496 e. The molecule has 0 aromatic heterocycles. The van der Waals surface area contributed by atoms with Gasteiger partial charge in [-0.25, -0.2) is 0 Å². The number of nitrogens with one attached hydrogen (secondary N) is 1. The van der Waals surface area contributed by atoms with Crippen molar-refractivity contribution in [2.24, 2.45) is 5.92 Å². The molecule has 1 aliphatic rings. The largest absolute Gasteiger partial charge is 0.496 e. The molecule has 1 aliphatic carbocycles. The van der Waals surface area contributed by atoms with Crippen molar-refractivity contribution in [3.8, 4) is 5.75 Å². The standard InChI is InChI=1S/C16H17NO4/c1-21-14-5-3-2-4-11(14)7-9-15(18)17-13-8-6-12(10-13)16(19)20/h2-9,12-13H,10H2,1H3,(H,17,18)(H,19,20). The molecule has 2 unspecified atom stereocenters. The van der Waals surface area contributed by atoms with Gasteiger partial charge in [0.2, 0.25) is 5.91 Å². The van der Waals surface area contributed by atoms with Crippen molar-refractivity contribution in [2.45, 2.75) is 12.5 Å². The first-order valence-corrected chi connectivity index (χ1v) is 6.63.